The molecule has 0 saturated heterocycles. The van der Waals surface area contributed by atoms with Gasteiger partial charge in [0.2, 0.25) is 0 Å². The number of hydrogen-bond acceptors (Lipinski definition) is 0. The van der Waals surface area contributed by atoms with E-state index < -0.39 is 0 Å². The molecule has 0 spiro atoms. The van der Waals surface area contributed by atoms with Crippen molar-refractivity contribution in [3.8, 4) is 0 Å². The summed E-state index contributed by atoms with van der Waals surface area (Å²) in [5.41, 5.74) is 0.0581. The minimum absolute atomic E-state index is 0.000116. The summed E-state index contributed by atoms with van der Waals surface area (Å²) in [5, 5.41) is 0.0939. The fourth-order valence-corrected chi connectivity index (χ4v) is 6.47. The van der Waals surface area contributed by atoms with E-state index >= 15 is 0 Å². The Morgan fingerprint density at radius 1 is 0.737 bits per heavy atom. The molecule has 114 valence electrons. The Morgan fingerprint density at radius 3 is 1.21 bits per heavy atom. The summed E-state index contributed by atoms with van der Waals surface area (Å²) < 4.78 is -0.0311. The van der Waals surface area contributed by atoms with Crippen LogP contribution in [0.4, 0.5) is 0 Å². The third-order valence-corrected chi connectivity index (χ3v) is 11.7. The standard InChI is InChI=1S/C10H31BP8/c1-6(2,12)7(3,10(17,18)19)5(11)9(15,16)8(4,13)14/h5H,11-19H2,1-4H3. The van der Waals surface area contributed by atoms with Crippen LogP contribution in [0.2, 0.25) is 5.82 Å². The maximum atomic E-state index is 3.06. The number of hydrogen-bond donors (Lipinski definition) is 0. The number of rotatable bonds is 5. The van der Waals surface area contributed by atoms with E-state index in [-0.39, 0.29) is 25.0 Å². The van der Waals surface area contributed by atoms with Crippen LogP contribution in [-0.2, 0) is 0 Å². The molecule has 0 N–H and O–H groups in total. The predicted octanol–water partition coefficient (Wildman–Crippen LogP) is 3.26. The molecular formula is C10H31BP8. The van der Waals surface area contributed by atoms with Crippen molar-refractivity contribution in [2.24, 2.45) is 5.41 Å². The van der Waals surface area contributed by atoms with Gasteiger partial charge in [0, 0.05) is 14.4 Å². The molecule has 0 nitrogen and oxygen atoms in total. The Bertz CT molecular complexity index is 308. The van der Waals surface area contributed by atoms with Crippen LogP contribution in [0.15, 0.2) is 0 Å². The molecule has 0 aliphatic heterocycles. The van der Waals surface area contributed by atoms with Crippen LogP contribution >= 0.6 is 73.9 Å². The van der Waals surface area contributed by atoms with Gasteiger partial charge in [-0.3, -0.25) is 0 Å². The van der Waals surface area contributed by atoms with Gasteiger partial charge in [-0.25, -0.2) is 0 Å². The molecule has 0 rings (SSSR count). The lowest BCUT2D eigenvalue weighted by Gasteiger charge is -2.60. The van der Waals surface area contributed by atoms with Gasteiger partial charge in [0.15, 0.2) is 0 Å². The maximum absolute atomic E-state index is 3.06. The second kappa shape index (κ2) is 6.79. The monoisotopic (exact) mass is 410 g/mol. The van der Waals surface area contributed by atoms with E-state index in [9.17, 15) is 0 Å². The van der Waals surface area contributed by atoms with Crippen LogP contribution in [0.5, 0.6) is 0 Å². The molecule has 0 heterocycles. The Morgan fingerprint density at radius 2 is 1.05 bits per heavy atom. The van der Waals surface area contributed by atoms with Gasteiger partial charge in [0.1, 0.15) is 7.85 Å². The van der Waals surface area contributed by atoms with Gasteiger partial charge in [-0.2, -0.15) is 0 Å². The third-order valence-electron chi connectivity index (χ3n) is 4.75. The Hall–Kier alpha value is 3.50. The van der Waals surface area contributed by atoms with E-state index in [1.165, 1.54) is 0 Å². The fourth-order valence-electron chi connectivity index (χ4n) is 2.44. The van der Waals surface area contributed by atoms with Crippen molar-refractivity contribution in [2.75, 3.05) is 0 Å². The van der Waals surface area contributed by atoms with Crippen molar-refractivity contribution in [1.29, 1.82) is 0 Å². The van der Waals surface area contributed by atoms with E-state index in [2.05, 4.69) is 109 Å². The van der Waals surface area contributed by atoms with Gasteiger partial charge >= 0.3 is 0 Å². The summed E-state index contributed by atoms with van der Waals surface area (Å²) in [6, 6.07) is 0. The first-order valence-electron chi connectivity index (χ1n) is 6.21. The smallest absolute Gasteiger partial charge is 0.107 e. The zero-order valence-electron chi connectivity index (χ0n) is 12.7. The minimum Gasteiger partial charge on any atom is -0.131 e. The summed E-state index contributed by atoms with van der Waals surface area (Å²) in [6.07, 6.45) is 0. The molecule has 0 amide bonds. The highest BCUT2D eigenvalue weighted by Crippen LogP contribution is 2.69. The molecule has 0 aliphatic carbocycles. The lowest BCUT2D eigenvalue weighted by atomic mass is 9.58. The molecule has 0 radical (unpaired) electrons. The van der Waals surface area contributed by atoms with Gasteiger partial charge in [-0.1, -0.05) is 27.7 Å². The first-order valence-corrected chi connectivity index (χ1v) is 10.8. The van der Waals surface area contributed by atoms with Gasteiger partial charge in [0.05, 0.1) is 0 Å². The Labute approximate surface area is 140 Å². The van der Waals surface area contributed by atoms with Crippen LogP contribution in [0.25, 0.3) is 0 Å². The lowest BCUT2D eigenvalue weighted by Crippen LogP contribution is -2.55. The molecule has 0 aromatic heterocycles. The van der Waals surface area contributed by atoms with Gasteiger partial charge < -0.3 is 0 Å². The van der Waals surface area contributed by atoms with E-state index in [1.807, 2.05) is 0 Å². The highest BCUT2D eigenvalue weighted by atomic mass is 31.1. The Balaban J connectivity index is 5.97. The highest BCUT2D eigenvalue weighted by Gasteiger charge is 2.57. The van der Waals surface area contributed by atoms with Gasteiger partial charge in [-0.15, -0.1) is 73.9 Å². The van der Waals surface area contributed by atoms with Crippen LogP contribution in [0, 0.1) is 5.41 Å². The molecule has 9 heteroatoms. The largest absolute Gasteiger partial charge is 0.131 e. The molecule has 19 heavy (non-hydrogen) atoms. The normalized spacial score (nSPS) is 20.0. The first-order chi connectivity index (χ1) is 7.90. The minimum atomic E-state index is -0.0311. The molecule has 0 aromatic carbocycles. The molecule has 0 aliphatic rings. The van der Waals surface area contributed by atoms with Crippen LogP contribution in [-0.4, -0.2) is 27.4 Å². The zero-order valence-corrected chi connectivity index (χ0v) is 21.9. The summed E-state index contributed by atoms with van der Waals surface area (Å²) >= 11 is 0. The highest BCUT2D eigenvalue weighted by molar-refractivity contribution is 7.57. The van der Waals surface area contributed by atoms with Gasteiger partial charge in [0.25, 0.3) is 0 Å². The van der Waals surface area contributed by atoms with Crippen molar-refractivity contribution in [3.05, 3.63) is 0 Å². The van der Waals surface area contributed by atoms with Crippen molar-refractivity contribution in [3.63, 3.8) is 0 Å². The molecule has 10 unspecified atom stereocenters. The topological polar surface area (TPSA) is 0 Å². The third kappa shape index (κ3) is 4.53. The summed E-state index contributed by atoms with van der Waals surface area (Å²) in [6.45, 7) is 9.22. The average molecular weight is 410 g/mol. The van der Waals surface area contributed by atoms with Crippen molar-refractivity contribution in [2.45, 2.75) is 53.1 Å². The van der Waals surface area contributed by atoms with E-state index in [4.69, 9.17) is 0 Å². The van der Waals surface area contributed by atoms with Crippen molar-refractivity contribution in [1.82, 2.24) is 0 Å². The molecular weight excluding hydrogens is 379 g/mol. The fraction of sp³-hybridized carbons (Fsp3) is 1.00. The van der Waals surface area contributed by atoms with E-state index in [0.717, 1.165) is 0 Å². The molecule has 10 atom stereocenters. The SMILES string of the molecule is BC(C(P)(P)C(C)(P)P)C(C)(C(C)(C)P)C(P)(P)P. The Kier molecular flexibility index (Phi) is 8.04. The average Bonchev–Trinajstić information content (AvgIpc) is 2.09. The lowest BCUT2D eigenvalue weighted by molar-refractivity contribution is 0.231. The van der Waals surface area contributed by atoms with Crippen molar-refractivity contribution < 1.29 is 0 Å². The molecule has 0 bridgehead atoms. The molecule has 0 aromatic rings. The second-order valence-corrected chi connectivity index (χ2v) is 18.7. The van der Waals surface area contributed by atoms with E-state index in [0.29, 0.717) is 5.82 Å². The van der Waals surface area contributed by atoms with Crippen LogP contribution in [0.1, 0.15) is 27.7 Å². The van der Waals surface area contributed by atoms with Gasteiger partial charge in [-0.05, 0) is 16.4 Å². The summed E-state index contributed by atoms with van der Waals surface area (Å²) in [5.74, 6) is 0.440. The van der Waals surface area contributed by atoms with E-state index in [1.54, 1.807) is 0 Å². The van der Waals surface area contributed by atoms with Crippen molar-refractivity contribution >= 4 is 81.8 Å². The summed E-state index contributed by atoms with van der Waals surface area (Å²) in [7, 11) is 26.4. The second-order valence-electron chi connectivity index (χ2n) is 6.79. The maximum Gasteiger partial charge on any atom is 0.107 e. The molecule has 0 fully saturated rings. The zero-order chi connectivity index (χ0) is 16.1. The predicted molar refractivity (Wildman–Crippen MR) is 126 cm³/mol. The quantitative estimate of drug-likeness (QED) is 0.483. The van der Waals surface area contributed by atoms with Crippen LogP contribution < -0.4 is 0 Å². The molecule has 0 saturated carbocycles. The first kappa shape index (κ1) is 22.5. The van der Waals surface area contributed by atoms with Crippen LogP contribution in [0.3, 0.4) is 0 Å². The summed E-state index contributed by atoms with van der Waals surface area (Å²) in [4.78, 5) is 0.0318.